The summed E-state index contributed by atoms with van der Waals surface area (Å²) in [6, 6.07) is 5.25. The van der Waals surface area contributed by atoms with E-state index in [2.05, 4.69) is 0 Å². The lowest BCUT2D eigenvalue weighted by atomic mass is 9.94. The zero-order chi connectivity index (χ0) is 10.3. The van der Waals surface area contributed by atoms with Gasteiger partial charge in [0.05, 0.1) is 5.56 Å². The van der Waals surface area contributed by atoms with E-state index >= 15 is 0 Å². The van der Waals surface area contributed by atoms with E-state index in [1.807, 2.05) is 13.1 Å². The first-order chi connectivity index (χ1) is 6.59. The van der Waals surface area contributed by atoms with E-state index in [9.17, 15) is 4.79 Å². The molecule has 1 heterocycles. The van der Waals surface area contributed by atoms with Crippen LogP contribution in [0.1, 0.15) is 10.4 Å². The molecular formula is C10H8BNO2. The van der Waals surface area contributed by atoms with Gasteiger partial charge in [0.2, 0.25) is 0 Å². The van der Waals surface area contributed by atoms with Crippen LogP contribution in [0.4, 0.5) is 0 Å². The van der Waals surface area contributed by atoms with Crippen LogP contribution in [0.25, 0.3) is 10.9 Å². The average molecular weight is 185 g/mol. The molecule has 68 valence electrons. The Morgan fingerprint density at radius 3 is 2.86 bits per heavy atom. The summed E-state index contributed by atoms with van der Waals surface area (Å²) in [5.41, 5.74) is 1.73. The van der Waals surface area contributed by atoms with Crippen molar-refractivity contribution < 1.29 is 9.90 Å². The number of fused-ring (bicyclic) bond motifs is 1. The maximum Gasteiger partial charge on any atom is 0.337 e. The van der Waals surface area contributed by atoms with Crippen molar-refractivity contribution in [2.24, 2.45) is 7.05 Å². The molecule has 3 nitrogen and oxygen atoms in total. The van der Waals surface area contributed by atoms with Crippen LogP contribution < -0.4 is 5.46 Å². The van der Waals surface area contributed by atoms with E-state index < -0.39 is 5.97 Å². The maximum atomic E-state index is 10.9. The van der Waals surface area contributed by atoms with Gasteiger partial charge in [-0.15, -0.1) is 0 Å². The number of aromatic carboxylic acids is 1. The number of aryl methyl sites for hydroxylation is 1. The second-order valence-corrected chi connectivity index (χ2v) is 3.24. The lowest BCUT2D eigenvalue weighted by Gasteiger charge is -1.96. The number of carboxylic acids is 1. The Kier molecular flexibility index (Phi) is 1.84. The lowest BCUT2D eigenvalue weighted by molar-refractivity contribution is 0.0699. The normalized spacial score (nSPS) is 10.6. The van der Waals surface area contributed by atoms with Gasteiger partial charge < -0.3 is 9.67 Å². The Morgan fingerprint density at radius 1 is 1.50 bits per heavy atom. The van der Waals surface area contributed by atoms with Crippen LogP contribution in [-0.4, -0.2) is 23.5 Å². The van der Waals surface area contributed by atoms with Crippen molar-refractivity contribution in [2.75, 3.05) is 0 Å². The first-order valence-corrected chi connectivity index (χ1v) is 4.17. The summed E-state index contributed by atoms with van der Waals surface area (Å²) in [5.74, 6) is -0.929. The van der Waals surface area contributed by atoms with Crippen molar-refractivity contribution in [1.82, 2.24) is 4.57 Å². The number of carbonyl (C=O) groups is 1. The molecule has 2 radical (unpaired) electrons. The highest BCUT2D eigenvalue weighted by molar-refractivity contribution is 6.33. The molecule has 0 atom stereocenters. The Hall–Kier alpha value is -1.71. The minimum absolute atomic E-state index is 0.287. The second kappa shape index (κ2) is 2.91. The first kappa shape index (κ1) is 8.87. The smallest absolute Gasteiger partial charge is 0.337 e. The maximum absolute atomic E-state index is 10.9. The number of hydrogen-bond donors (Lipinski definition) is 1. The molecule has 0 saturated heterocycles. The standard InChI is InChI=1S/C10H8BNO2/c1-12-5-8(10(13)14)7-4-6(11)2-3-9(7)12/h2-5H,1H3,(H,13,14). The molecule has 0 spiro atoms. The summed E-state index contributed by atoms with van der Waals surface area (Å²) in [4.78, 5) is 10.9. The third-order valence-corrected chi connectivity index (χ3v) is 2.24. The van der Waals surface area contributed by atoms with Gasteiger partial charge in [-0.1, -0.05) is 17.6 Å². The van der Waals surface area contributed by atoms with Crippen LogP contribution >= 0.6 is 0 Å². The molecule has 1 aromatic carbocycles. The van der Waals surface area contributed by atoms with Crippen LogP contribution in [0.3, 0.4) is 0 Å². The Morgan fingerprint density at radius 2 is 2.21 bits per heavy atom. The number of hydrogen-bond acceptors (Lipinski definition) is 1. The van der Waals surface area contributed by atoms with Gasteiger partial charge in [-0.25, -0.2) is 4.79 Å². The summed E-state index contributed by atoms with van der Waals surface area (Å²) >= 11 is 0. The molecule has 0 bridgehead atoms. The van der Waals surface area contributed by atoms with Crippen molar-refractivity contribution in [3.05, 3.63) is 30.0 Å². The Balaban J connectivity index is 2.85. The predicted molar refractivity (Wildman–Crippen MR) is 55.3 cm³/mol. The molecule has 0 saturated carbocycles. The van der Waals surface area contributed by atoms with E-state index in [1.165, 1.54) is 0 Å². The van der Waals surface area contributed by atoms with Gasteiger partial charge in [0.15, 0.2) is 0 Å². The van der Waals surface area contributed by atoms with Gasteiger partial charge in [-0.3, -0.25) is 0 Å². The molecule has 4 heteroatoms. The van der Waals surface area contributed by atoms with Crippen LogP contribution in [0.15, 0.2) is 24.4 Å². The van der Waals surface area contributed by atoms with Crippen molar-refractivity contribution in [1.29, 1.82) is 0 Å². The highest BCUT2D eigenvalue weighted by Crippen LogP contribution is 2.18. The number of benzene rings is 1. The minimum Gasteiger partial charge on any atom is -0.478 e. The highest BCUT2D eigenvalue weighted by atomic mass is 16.4. The van der Waals surface area contributed by atoms with Crippen LogP contribution in [0.5, 0.6) is 0 Å². The average Bonchev–Trinajstić information content (AvgIpc) is 2.43. The van der Waals surface area contributed by atoms with Crippen LogP contribution in [-0.2, 0) is 7.05 Å². The largest absolute Gasteiger partial charge is 0.478 e. The van der Waals surface area contributed by atoms with E-state index in [4.69, 9.17) is 13.0 Å². The monoisotopic (exact) mass is 185 g/mol. The van der Waals surface area contributed by atoms with Gasteiger partial charge in [0.1, 0.15) is 7.85 Å². The van der Waals surface area contributed by atoms with E-state index in [0.717, 1.165) is 5.52 Å². The summed E-state index contributed by atoms with van der Waals surface area (Å²) in [5, 5.41) is 9.61. The minimum atomic E-state index is -0.929. The summed E-state index contributed by atoms with van der Waals surface area (Å²) in [6.07, 6.45) is 1.59. The van der Waals surface area contributed by atoms with Gasteiger partial charge in [-0.2, -0.15) is 0 Å². The number of carboxylic acid groups (broad SMARTS) is 1. The van der Waals surface area contributed by atoms with Crippen molar-refractivity contribution in [3.8, 4) is 0 Å². The summed E-state index contributed by atoms with van der Waals surface area (Å²) in [7, 11) is 7.41. The summed E-state index contributed by atoms with van der Waals surface area (Å²) in [6.45, 7) is 0. The SMILES string of the molecule is [B]c1ccc2c(c1)c(C(=O)O)cn2C. The molecule has 0 aliphatic heterocycles. The molecule has 2 aromatic rings. The fraction of sp³-hybridized carbons (Fsp3) is 0.100. The van der Waals surface area contributed by atoms with Crippen molar-refractivity contribution >= 4 is 30.2 Å². The van der Waals surface area contributed by atoms with Crippen molar-refractivity contribution in [3.63, 3.8) is 0 Å². The van der Waals surface area contributed by atoms with Crippen LogP contribution in [0.2, 0.25) is 0 Å². The number of rotatable bonds is 1. The highest BCUT2D eigenvalue weighted by Gasteiger charge is 2.11. The quantitative estimate of drug-likeness (QED) is 0.663. The number of nitrogens with zero attached hydrogens (tertiary/aromatic N) is 1. The molecule has 0 aliphatic rings. The van der Waals surface area contributed by atoms with Gasteiger partial charge in [-0.05, 0) is 6.07 Å². The van der Waals surface area contributed by atoms with E-state index in [0.29, 0.717) is 10.8 Å². The molecule has 0 fully saturated rings. The lowest BCUT2D eigenvalue weighted by Crippen LogP contribution is -2.01. The molecular weight excluding hydrogens is 177 g/mol. The van der Waals surface area contributed by atoms with Gasteiger partial charge in [0, 0.05) is 24.1 Å². The zero-order valence-electron chi connectivity index (χ0n) is 7.69. The van der Waals surface area contributed by atoms with Crippen molar-refractivity contribution in [2.45, 2.75) is 0 Å². The first-order valence-electron chi connectivity index (χ1n) is 4.17. The number of aromatic nitrogens is 1. The molecule has 14 heavy (non-hydrogen) atoms. The molecule has 0 unspecified atom stereocenters. The van der Waals surface area contributed by atoms with E-state index in [-0.39, 0.29) is 5.56 Å². The topological polar surface area (TPSA) is 42.2 Å². The third kappa shape index (κ3) is 1.19. The fourth-order valence-corrected chi connectivity index (χ4v) is 1.58. The molecule has 0 aliphatic carbocycles. The fourth-order valence-electron chi connectivity index (χ4n) is 1.58. The van der Waals surface area contributed by atoms with Crippen LogP contribution in [0, 0.1) is 0 Å². The Labute approximate surface area is 82.4 Å². The summed E-state index contributed by atoms with van der Waals surface area (Å²) < 4.78 is 1.78. The molecule has 1 N–H and O–H groups in total. The molecule has 0 amide bonds. The van der Waals surface area contributed by atoms with Gasteiger partial charge >= 0.3 is 5.97 Å². The van der Waals surface area contributed by atoms with Gasteiger partial charge in [0.25, 0.3) is 0 Å². The molecule has 2 rings (SSSR count). The second-order valence-electron chi connectivity index (χ2n) is 3.24. The predicted octanol–water partition coefficient (Wildman–Crippen LogP) is 0.670. The van der Waals surface area contributed by atoms with E-state index in [1.54, 1.807) is 22.9 Å². The Bertz CT molecular complexity index is 516. The molecule has 1 aromatic heterocycles. The third-order valence-electron chi connectivity index (χ3n) is 2.24. The zero-order valence-corrected chi connectivity index (χ0v) is 7.69.